The fourth-order valence-electron chi connectivity index (χ4n) is 5.67. The molecule has 4 heteroatoms. The van der Waals surface area contributed by atoms with Gasteiger partial charge in [0.05, 0.1) is 0 Å². The molecule has 21 heavy (non-hydrogen) atoms. The third kappa shape index (κ3) is 2.62. The van der Waals surface area contributed by atoms with Crippen LogP contribution >= 0.6 is 38.9 Å². The van der Waals surface area contributed by atoms with Crippen LogP contribution in [0.5, 0.6) is 0 Å². The van der Waals surface area contributed by atoms with Crippen LogP contribution in [-0.4, -0.2) is 6.54 Å². The van der Waals surface area contributed by atoms with E-state index in [1.54, 1.807) is 11.3 Å². The lowest BCUT2D eigenvalue weighted by molar-refractivity contribution is -0.0518. The van der Waals surface area contributed by atoms with E-state index in [9.17, 15) is 0 Å². The summed E-state index contributed by atoms with van der Waals surface area (Å²) in [7, 11) is 0. The quantitative estimate of drug-likeness (QED) is 0.678. The summed E-state index contributed by atoms with van der Waals surface area (Å²) >= 11 is 11.7. The van der Waals surface area contributed by atoms with Gasteiger partial charge in [0.25, 0.3) is 0 Å². The molecule has 5 rings (SSSR count). The topological polar surface area (TPSA) is 12.0 Å². The molecule has 0 amide bonds. The number of hydrogen-bond acceptors (Lipinski definition) is 2. The molecule has 116 valence electrons. The van der Waals surface area contributed by atoms with Crippen LogP contribution < -0.4 is 5.32 Å². The smallest absolute Gasteiger partial charge is 0.107 e. The number of hydrogen-bond donors (Lipinski definition) is 1. The van der Waals surface area contributed by atoms with E-state index >= 15 is 0 Å². The molecule has 1 aromatic rings. The molecule has 0 spiro atoms. The molecule has 4 saturated carbocycles. The number of halogens is 2. The molecule has 1 heterocycles. The van der Waals surface area contributed by atoms with Crippen LogP contribution in [0.25, 0.3) is 0 Å². The molecular weight excluding hydrogens is 366 g/mol. The van der Waals surface area contributed by atoms with Crippen molar-refractivity contribution in [3.63, 3.8) is 0 Å². The van der Waals surface area contributed by atoms with Crippen molar-refractivity contribution in [1.29, 1.82) is 0 Å². The molecule has 4 fully saturated rings. The van der Waals surface area contributed by atoms with Gasteiger partial charge in [-0.15, -0.1) is 11.3 Å². The first-order valence-corrected chi connectivity index (χ1v) is 10.3. The van der Waals surface area contributed by atoms with Gasteiger partial charge in [-0.25, -0.2) is 0 Å². The summed E-state index contributed by atoms with van der Waals surface area (Å²) in [4.78, 5) is 1.44. The average Bonchev–Trinajstić information content (AvgIpc) is 2.76. The van der Waals surface area contributed by atoms with Crippen LogP contribution in [0.4, 0.5) is 0 Å². The molecule has 4 aliphatic rings. The van der Waals surface area contributed by atoms with Crippen molar-refractivity contribution in [3.05, 3.63) is 19.8 Å². The lowest BCUT2D eigenvalue weighted by Crippen LogP contribution is -2.49. The zero-order valence-electron chi connectivity index (χ0n) is 12.4. The fourth-order valence-corrected chi connectivity index (χ4v) is 7.54. The van der Waals surface area contributed by atoms with Gasteiger partial charge in [-0.1, -0.05) is 18.5 Å². The summed E-state index contributed by atoms with van der Waals surface area (Å²) in [6.07, 6.45) is 7.47. The summed E-state index contributed by atoms with van der Waals surface area (Å²) in [6, 6.07) is 2.77. The van der Waals surface area contributed by atoms with Gasteiger partial charge in [0, 0.05) is 15.4 Å². The normalized spacial score (nSPS) is 38.9. The second-order valence-corrected chi connectivity index (χ2v) is 9.85. The van der Waals surface area contributed by atoms with E-state index in [0.717, 1.165) is 44.9 Å². The van der Waals surface area contributed by atoms with Crippen LogP contribution in [0.1, 0.15) is 49.9 Å². The van der Waals surface area contributed by atoms with E-state index in [-0.39, 0.29) is 0 Å². The summed E-state index contributed by atoms with van der Waals surface area (Å²) in [5, 5.41) is 3.80. The molecule has 1 aromatic heterocycles. The maximum atomic E-state index is 6.31. The molecule has 1 atom stereocenters. The predicted octanol–water partition coefficient (Wildman–Crippen LogP) is 5.89. The van der Waals surface area contributed by atoms with Crippen LogP contribution in [0.15, 0.2) is 10.5 Å². The summed E-state index contributed by atoms with van der Waals surface area (Å²) < 4.78 is 1.97. The summed E-state index contributed by atoms with van der Waals surface area (Å²) in [6.45, 7) is 3.27. The van der Waals surface area contributed by atoms with E-state index in [0.29, 0.717) is 6.04 Å². The minimum absolute atomic E-state index is 0.513. The van der Waals surface area contributed by atoms with Crippen LogP contribution in [0.2, 0.25) is 4.34 Å². The van der Waals surface area contributed by atoms with Crippen LogP contribution in [-0.2, 0) is 0 Å². The zero-order chi connectivity index (χ0) is 14.6. The van der Waals surface area contributed by atoms with Crippen molar-refractivity contribution >= 4 is 38.9 Å². The van der Waals surface area contributed by atoms with E-state index in [1.165, 1.54) is 37.0 Å². The Kier molecular flexibility index (Phi) is 4.15. The van der Waals surface area contributed by atoms with E-state index in [2.05, 4.69) is 34.2 Å². The van der Waals surface area contributed by atoms with Crippen LogP contribution in [0, 0.1) is 29.6 Å². The lowest BCUT2D eigenvalue weighted by atomic mass is 9.50. The Hall–Kier alpha value is 0.430. The van der Waals surface area contributed by atoms with E-state index in [4.69, 9.17) is 11.6 Å². The second kappa shape index (κ2) is 5.81. The van der Waals surface area contributed by atoms with E-state index in [1.807, 2.05) is 0 Å². The molecule has 1 N–H and O–H groups in total. The third-order valence-electron chi connectivity index (χ3n) is 6.08. The molecule has 0 aromatic carbocycles. The number of rotatable bonds is 4. The molecule has 0 aliphatic heterocycles. The molecule has 4 aliphatic carbocycles. The first kappa shape index (κ1) is 15.0. The zero-order valence-corrected chi connectivity index (χ0v) is 15.6. The van der Waals surface area contributed by atoms with Crippen LogP contribution in [0.3, 0.4) is 0 Å². The highest BCUT2D eigenvalue weighted by molar-refractivity contribution is 9.10. The fraction of sp³-hybridized carbons (Fsp3) is 0.765. The first-order chi connectivity index (χ1) is 10.2. The van der Waals surface area contributed by atoms with Gasteiger partial charge in [-0.2, -0.15) is 0 Å². The molecule has 0 saturated heterocycles. The predicted molar refractivity (Wildman–Crippen MR) is 94.0 cm³/mol. The standard InChI is InChI=1S/C17H23BrClNS/c1-2-20-16(14-8-13(18)17(19)21-14)15-11-4-9-3-10(6-11)7-12(15)5-9/h8-12,15-16,20H,2-7H2,1H3. The van der Waals surface area contributed by atoms with Gasteiger partial charge in [0.1, 0.15) is 4.34 Å². The van der Waals surface area contributed by atoms with Gasteiger partial charge in [0.2, 0.25) is 0 Å². The Bertz CT molecular complexity index is 481. The molecule has 1 nitrogen and oxygen atoms in total. The Morgan fingerprint density at radius 3 is 2.33 bits per heavy atom. The Labute approximate surface area is 145 Å². The maximum Gasteiger partial charge on any atom is 0.107 e. The Balaban J connectivity index is 1.64. The van der Waals surface area contributed by atoms with Crippen molar-refractivity contribution in [2.45, 2.75) is 45.1 Å². The first-order valence-electron chi connectivity index (χ1n) is 8.33. The van der Waals surface area contributed by atoms with Crippen molar-refractivity contribution in [1.82, 2.24) is 5.32 Å². The van der Waals surface area contributed by atoms with Crippen molar-refractivity contribution in [3.8, 4) is 0 Å². The number of thiophene rings is 1. The minimum atomic E-state index is 0.513. The Morgan fingerprint density at radius 1 is 1.24 bits per heavy atom. The highest BCUT2D eigenvalue weighted by Gasteiger charge is 2.50. The highest BCUT2D eigenvalue weighted by atomic mass is 79.9. The van der Waals surface area contributed by atoms with Gasteiger partial charge in [-0.05, 0) is 90.2 Å². The molecule has 4 bridgehead atoms. The highest BCUT2D eigenvalue weighted by Crippen LogP contribution is 2.59. The molecule has 1 unspecified atom stereocenters. The van der Waals surface area contributed by atoms with Gasteiger partial charge in [0.15, 0.2) is 0 Å². The monoisotopic (exact) mass is 387 g/mol. The molecule has 0 radical (unpaired) electrons. The third-order valence-corrected chi connectivity index (χ3v) is 8.64. The summed E-state index contributed by atoms with van der Waals surface area (Å²) in [5.41, 5.74) is 0. The van der Waals surface area contributed by atoms with Crippen molar-refractivity contribution < 1.29 is 0 Å². The summed E-state index contributed by atoms with van der Waals surface area (Å²) in [5.74, 6) is 4.82. The van der Waals surface area contributed by atoms with Gasteiger partial charge < -0.3 is 5.32 Å². The maximum absolute atomic E-state index is 6.31. The second-order valence-electron chi connectivity index (χ2n) is 7.31. The van der Waals surface area contributed by atoms with Gasteiger partial charge >= 0.3 is 0 Å². The SMILES string of the molecule is CCNC(c1cc(Br)c(Cl)s1)C1C2CC3CC(C2)CC1C3. The van der Waals surface area contributed by atoms with Crippen molar-refractivity contribution in [2.24, 2.45) is 29.6 Å². The Morgan fingerprint density at radius 2 is 1.86 bits per heavy atom. The number of nitrogens with one attached hydrogen (secondary N) is 1. The molecular formula is C17H23BrClNS. The average molecular weight is 389 g/mol. The lowest BCUT2D eigenvalue weighted by Gasteiger charge is -2.56. The van der Waals surface area contributed by atoms with Crippen molar-refractivity contribution in [2.75, 3.05) is 6.54 Å². The van der Waals surface area contributed by atoms with E-state index < -0.39 is 0 Å². The minimum Gasteiger partial charge on any atom is -0.309 e. The van der Waals surface area contributed by atoms with Gasteiger partial charge in [-0.3, -0.25) is 0 Å². The largest absolute Gasteiger partial charge is 0.309 e.